The highest BCUT2D eigenvalue weighted by Gasteiger charge is 2.10. The zero-order valence-electron chi connectivity index (χ0n) is 12.0. The van der Waals surface area contributed by atoms with Crippen molar-refractivity contribution in [3.05, 3.63) is 42.5 Å². The summed E-state index contributed by atoms with van der Waals surface area (Å²) in [6.45, 7) is 1.56. The van der Waals surface area contributed by atoms with Crippen LogP contribution >= 0.6 is 0 Å². The first kappa shape index (κ1) is 14.4. The lowest BCUT2D eigenvalue weighted by atomic mass is 10.2. The average molecular weight is 273 g/mol. The smallest absolute Gasteiger partial charge is 0.191 e. The van der Waals surface area contributed by atoms with Crippen molar-refractivity contribution in [2.75, 3.05) is 20.2 Å². The molecule has 0 saturated carbocycles. The zero-order chi connectivity index (χ0) is 14.0. The highest BCUT2D eigenvalue weighted by molar-refractivity contribution is 5.80. The quantitative estimate of drug-likeness (QED) is 0.362. The molecule has 108 valence electrons. The number of hydrogen-bond donors (Lipinski definition) is 2. The van der Waals surface area contributed by atoms with Gasteiger partial charge >= 0.3 is 0 Å². The van der Waals surface area contributed by atoms with Crippen LogP contribution < -0.4 is 15.4 Å². The number of benzene rings is 1. The second-order valence-corrected chi connectivity index (χ2v) is 4.80. The predicted octanol–water partition coefficient (Wildman–Crippen LogP) is 2.34. The van der Waals surface area contributed by atoms with Crippen LogP contribution in [0.15, 0.2) is 47.5 Å². The van der Waals surface area contributed by atoms with Crippen LogP contribution in [0.25, 0.3) is 0 Å². The topological polar surface area (TPSA) is 45.7 Å². The van der Waals surface area contributed by atoms with E-state index in [0.29, 0.717) is 12.6 Å². The molecule has 0 spiro atoms. The molecule has 4 heteroatoms. The molecule has 0 bridgehead atoms. The summed E-state index contributed by atoms with van der Waals surface area (Å²) in [6.07, 6.45) is 7.52. The molecule has 1 aromatic rings. The van der Waals surface area contributed by atoms with Gasteiger partial charge in [-0.2, -0.15) is 0 Å². The molecule has 1 aromatic carbocycles. The Kier molecular flexibility index (Phi) is 5.96. The number of hydrogen-bond acceptors (Lipinski definition) is 2. The van der Waals surface area contributed by atoms with E-state index in [0.717, 1.165) is 37.5 Å². The van der Waals surface area contributed by atoms with E-state index in [1.165, 1.54) is 0 Å². The molecule has 4 nitrogen and oxygen atoms in total. The normalized spacial score (nSPS) is 15.3. The number of nitrogens with zero attached hydrogens (tertiary/aromatic N) is 1. The van der Waals surface area contributed by atoms with E-state index < -0.39 is 0 Å². The minimum atomic E-state index is 0.488. The number of rotatable bonds is 6. The lowest BCUT2D eigenvalue weighted by Crippen LogP contribution is -2.42. The van der Waals surface area contributed by atoms with Crippen LogP contribution in [0.3, 0.4) is 0 Å². The van der Waals surface area contributed by atoms with Crippen molar-refractivity contribution in [2.45, 2.75) is 25.3 Å². The highest BCUT2D eigenvalue weighted by Crippen LogP contribution is 2.09. The molecule has 0 heterocycles. The molecular formula is C16H23N3O. The Morgan fingerprint density at radius 2 is 2.00 bits per heavy atom. The minimum Gasteiger partial charge on any atom is -0.494 e. The van der Waals surface area contributed by atoms with E-state index in [2.05, 4.69) is 27.8 Å². The number of aliphatic imine (C=N–C) groups is 1. The number of para-hydroxylation sites is 1. The first-order valence-electron chi connectivity index (χ1n) is 7.18. The van der Waals surface area contributed by atoms with Crippen molar-refractivity contribution in [3.8, 4) is 5.75 Å². The monoisotopic (exact) mass is 273 g/mol. The third-order valence-electron chi connectivity index (χ3n) is 3.20. The molecule has 1 aliphatic carbocycles. The summed E-state index contributed by atoms with van der Waals surface area (Å²) >= 11 is 0. The number of ether oxygens (including phenoxy) is 1. The summed E-state index contributed by atoms with van der Waals surface area (Å²) in [5, 5.41) is 6.72. The molecular weight excluding hydrogens is 250 g/mol. The second kappa shape index (κ2) is 8.25. The van der Waals surface area contributed by atoms with Gasteiger partial charge in [0.1, 0.15) is 5.75 Å². The van der Waals surface area contributed by atoms with Crippen LogP contribution in [-0.2, 0) is 0 Å². The van der Waals surface area contributed by atoms with Crippen LogP contribution in [0.2, 0.25) is 0 Å². The fraction of sp³-hybridized carbons (Fsp3) is 0.438. The van der Waals surface area contributed by atoms with Crippen LogP contribution in [0.1, 0.15) is 19.3 Å². The summed E-state index contributed by atoms with van der Waals surface area (Å²) in [4.78, 5) is 4.23. The number of guanidine groups is 1. The molecule has 2 rings (SSSR count). The number of nitrogens with one attached hydrogen (secondary N) is 2. The van der Waals surface area contributed by atoms with Crippen molar-refractivity contribution in [1.82, 2.24) is 10.6 Å². The molecule has 0 atom stereocenters. The zero-order valence-corrected chi connectivity index (χ0v) is 12.0. The van der Waals surface area contributed by atoms with Crippen LogP contribution in [0.5, 0.6) is 5.75 Å². The van der Waals surface area contributed by atoms with Gasteiger partial charge in [0.2, 0.25) is 0 Å². The van der Waals surface area contributed by atoms with E-state index in [-0.39, 0.29) is 0 Å². The first-order valence-corrected chi connectivity index (χ1v) is 7.18. The van der Waals surface area contributed by atoms with Crippen molar-refractivity contribution in [3.63, 3.8) is 0 Å². The molecule has 20 heavy (non-hydrogen) atoms. The largest absolute Gasteiger partial charge is 0.494 e. The fourth-order valence-corrected chi connectivity index (χ4v) is 2.11. The SMILES string of the molecule is CN=C(NCCCOc1ccccc1)NC1CC=CC1. The van der Waals surface area contributed by atoms with Gasteiger partial charge in [-0.15, -0.1) is 0 Å². The maximum atomic E-state index is 5.64. The van der Waals surface area contributed by atoms with Crippen molar-refractivity contribution in [1.29, 1.82) is 0 Å². The Bertz CT molecular complexity index is 434. The maximum Gasteiger partial charge on any atom is 0.191 e. The lowest BCUT2D eigenvalue weighted by molar-refractivity contribution is 0.311. The van der Waals surface area contributed by atoms with E-state index in [4.69, 9.17) is 4.74 Å². The van der Waals surface area contributed by atoms with Gasteiger partial charge in [-0.3, -0.25) is 4.99 Å². The highest BCUT2D eigenvalue weighted by atomic mass is 16.5. The van der Waals surface area contributed by atoms with Gasteiger partial charge in [0, 0.05) is 19.6 Å². The fourth-order valence-electron chi connectivity index (χ4n) is 2.11. The van der Waals surface area contributed by atoms with E-state index in [1.54, 1.807) is 7.05 Å². The van der Waals surface area contributed by atoms with E-state index >= 15 is 0 Å². The summed E-state index contributed by atoms with van der Waals surface area (Å²) in [5.74, 6) is 1.80. The Morgan fingerprint density at radius 3 is 2.70 bits per heavy atom. The molecule has 0 aromatic heterocycles. The lowest BCUT2D eigenvalue weighted by Gasteiger charge is -2.16. The molecule has 1 aliphatic rings. The van der Waals surface area contributed by atoms with Gasteiger partial charge in [0.15, 0.2) is 5.96 Å². The van der Waals surface area contributed by atoms with Gasteiger partial charge in [-0.1, -0.05) is 30.4 Å². The summed E-state index contributed by atoms with van der Waals surface area (Å²) in [7, 11) is 1.80. The van der Waals surface area contributed by atoms with Crippen LogP contribution in [0, 0.1) is 0 Å². The minimum absolute atomic E-state index is 0.488. The molecule has 0 fully saturated rings. The molecule has 0 unspecified atom stereocenters. The summed E-state index contributed by atoms with van der Waals surface area (Å²) in [6, 6.07) is 10.4. The molecule has 0 amide bonds. The molecule has 0 radical (unpaired) electrons. The Labute approximate surface area is 120 Å². The third kappa shape index (κ3) is 4.96. The molecule has 2 N–H and O–H groups in total. The first-order chi connectivity index (χ1) is 9.88. The van der Waals surface area contributed by atoms with Gasteiger partial charge in [0.05, 0.1) is 6.61 Å². The summed E-state index contributed by atoms with van der Waals surface area (Å²) < 4.78 is 5.64. The van der Waals surface area contributed by atoms with Gasteiger partial charge < -0.3 is 15.4 Å². The van der Waals surface area contributed by atoms with E-state index in [1.807, 2.05) is 30.3 Å². The van der Waals surface area contributed by atoms with Gasteiger partial charge in [-0.25, -0.2) is 0 Å². The predicted molar refractivity (Wildman–Crippen MR) is 83.2 cm³/mol. The van der Waals surface area contributed by atoms with Crippen LogP contribution in [-0.4, -0.2) is 32.2 Å². The molecule has 0 saturated heterocycles. The van der Waals surface area contributed by atoms with Gasteiger partial charge in [-0.05, 0) is 31.4 Å². The van der Waals surface area contributed by atoms with Gasteiger partial charge in [0.25, 0.3) is 0 Å². The van der Waals surface area contributed by atoms with Crippen LogP contribution in [0.4, 0.5) is 0 Å². The average Bonchev–Trinajstić information content (AvgIpc) is 3.00. The maximum absolute atomic E-state index is 5.64. The molecule has 0 aliphatic heterocycles. The summed E-state index contributed by atoms with van der Waals surface area (Å²) in [5.41, 5.74) is 0. The van der Waals surface area contributed by atoms with E-state index in [9.17, 15) is 0 Å². The van der Waals surface area contributed by atoms with Crippen molar-refractivity contribution in [2.24, 2.45) is 4.99 Å². The van der Waals surface area contributed by atoms with Crippen molar-refractivity contribution >= 4 is 5.96 Å². The second-order valence-electron chi connectivity index (χ2n) is 4.80. The third-order valence-corrected chi connectivity index (χ3v) is 3.20. The van der Waals surface area contributed by atoms with Crippen molar-refractivity contribution < 1.29 is 4.74 Å². The Hall–Kier alpha value is -1.97. The Morgan fingerprint density at radius 1 is 1.25 bits per heavy atom. The Balaban J connectivity index is 1.57. The standard InChI is InChI=1S/C16H23N3O/c1-17-16(19-14-8-5-6-9-14)18-12-7-13-20-15-10-3-2-4-11-15/h2-6,10-11,14H,7-9,12-13H2,1H3,(H2,17,18,19).